The van der Waals surface area contributed by atoms with Gasteiger partial charge in [0.1, 0.15) is 17.4 Å². The Morgan fingerprint density at radius 2 is 2.06 bits per heavy atom. The summed E-state index contributed by atoms with van der Waals surface area (Å²) in [5, 5.41) is 10.8. The first-order valence-corrected chi connectivity index (χ1v) is 12.0. The summed E-state index contributed by atoms with van der Waals surface area (Å²) in [5.74, 6) is 0.931. The fourth-order valence-corrected chi connectivity index (χ4v) is 4.01. The van der Waals surface area contributed by atoms with Crippen LogP contribution in [-0.4, -0.2) is 47.9 Å². The van der Waals surface area contributed by atoms with Crippen molar-refractivity contribution in [1.29, 1.82) is 5.41 Å². The molecule has 10 heteroatoms. The van der Waals surface area contributed by atoms with Crippen LogP contribution in [0.15, 0.2) is 47.6 Å². The molecule has 2 aromatic carbocycles. The molecule has 1 aliphatic rings. The number of ether oxygens (including phenoxy) is 2. The number of halogens is 1. The smallest absolute Gasteiger partial charge is 0.188 e. The molecule has 1 aliphatic heterocycles. The van der Waals surface area contributed by atoms with Crippen LogP contribution in [0.1, 0.15) is 43.8 Å². The summed E-state index contributed by atoms with van der Waals surface area (Å²) < 4.78 is 27.4. The van der Waals surface area contributed by atoms with Gasteiger partial charge in [0, 0.05) is 47.7 Å². The zero-order chi connectivity index (χ0) is 25.7. The molecule has 0 radical (unpaired) electrons. The lowest BCUT2D eigenvalue weighted by Crippen LogP contribution is -2.27. The first-order chi connectivity index (χ1) is 17.4. The number of hydrogen-bond acceptors (Lipinski definition) is 7. The molecule has 190 valence electrons. The minimum Gasteiger partial charge on any atom is -0.494 e. The number of nitrogens with one attached hydrogen (secondary N) is 3. The first-order valence-electron chi connectivity index (χ1n) is 12.0. The molecule has 0 saturated heterocycles. The minimum absolute atomic E-state index is 0.0373. The second-order valence-electron chi connectivity index (χ2n) is 8.79. The molecule has 0 bridgehead atoms. The van der Waals surface area contributed by atoms with Crippen LogP contribution in [0.2, 0.25) is 0 Å². The molecule has 1 atom stereocenters. The van der Waals surface area contributed by atoms with Crippen molar-refractivity contribution >= 4 is 23.5 Å². The Hall–Kier alpha value is -4.08. The summed E-state index contributed by atoms with van der Waals surface area (Å²) in [6, 6.07) is 10.3. The number of benzene rings is 2. The molecule has 1 unspecified atom stereocenters. The van der Waals surface area contributed by atoms with Gasteiger partial charge in [-0.15, -0.1) is 0 Å². The number of nitrogens with two attached hydrogens (primary N) is 1. The highest BCUT2D eigenvalue weighted by atomic mass is 19.1. The van der Waals surface area contributed by atoms with Crippen molar-refractivity contribution in [2.45, 2.75) is 39.3 Å². The van der Waals surface area contributed by atoms with E-state index in [1.165, 1.54) is 0 Å². The molecule has 4 rings (SSSR count). The van der Waals surface area contributed by atoms with Crippen molar-refractivity contribution in [1.82, 2.24) is 15.3 Å². The SMILES string of the molecule is CCOc1cc(OC(C)C)c(F)c(N(Cc2ncc(C3CN=CNC3)[nH]2)c2ccc(C(=N)N)cc2)c1. The number of aliphatic imine (C=N–C) groups is 1. The van der Waals surface area contributed by atoms with E-state index in [-0.39, 0.29) is 35.8 Å². The van der Waals surface area contributed by atoms with Crippen LogP contribution in [0.25, 0.3) is 0 Å². The lowest BCUT2D eigenvalue weighted by Gasteiger charge is -2.27. The van der Waals surface area contributed by atoms with Crippen LogP contribution < -0.4 is 25.4 Å². The van der Waals surface area contributed by atoms with Crippen LogP contribution in [-0.2, 0) is 6.54 Å². The number of aromatic amines is 1. The van der Waals surface area contributed by atoms with Gasteiger partial charge in [-0.2, -0.15) is 0 Å². The van der Waals surface area contributed by atoms with Crippen molar-refractivity contribution in [3.63, 3.8) is 0 Å². The third-order valence-electron chi connectivity index (χ3n) is 5.72. The summed E-state index contributed by atoms with van der Waals surface area (Å²) in [4.78, 5) is 14.1. The second-order valence-corrected chi connectivity index (χ2v) is 8.79. The van der Waals surface area contributed by atoms with Gasteiger partial charge in [-0.25, -0.2) is 9.37 Å². The standard InChI is InChI=1S/C26H32FN7O2/c1-4-35-20-9-22(25(27)23(10-20)36-16(2)3)34(19-7-5-17(6-8-19)26(28)29)14-24-32-13-21(33-24)18-11-30-15-31-12-18/h5-10,13,15-16,18H,4,11-12,14H2,1-3H3,(H3,28,29)(H,30,31)(H,32,33). The lowest BCUT2D eigenvalue weighted by molar-refractivity contribution is 0.229. The summed E-state index contributed by atoms with van der Waals surface area (Å²) in [5.41, 5.74) is 8.17. The number of H-pyrrole nitrogens is 1. The Bertz CT molecular complexity index is 1220. The number of nitrogens with zero attached hydrogens (tertiary/aromatic N) is 3. The average molecular weight is 494 g/mol. The fraction of sp³-hybridized carbons (Fsp3) is 0.346. The largest absolute Gasteiger partial charge is 0.494 e. The number of anilines is 2. The Morgan fingerprint density at radius 1 is 1.28 bits per heavy atom. The molecule has 36 heavy (non-hydrogen) atoms. The monoisotopic (exact) mass is 493 g/mol. The molecule has 1 aromatic heterocycles. The van der Waals surface area contributed by atoms with Crippen LogP contribution in [0.3, 0.4) is 0 Å². The number of nitrogen functional groups attached to an aromatic ring is 1. The highest BCUT2D eigenvalue weighted by Crippen LogP contribution is 2.38. The van der Waals surface area contributed by atoms with Gasteiger partial charge in [0.05, 0.1) is 37.8 Å². The molecule has 0 spiro atoms. The van der Waals surface area contributed by atoms with Crippen molar-refractivity contribution in [2.24, 2.45) is 10.7 Å². The molecule has 3 aromatic rings. The van der Waals surface area contributed by atoms with E-state index in [0.717, 1.165) is 12.2 Å². The van der Waals surface area contributed by atoms with Gasteiger partial charge in [0.25, 0.3) is 0 Å². The number of rotatable bonds is 10. The maximum Gasteiger partial charge on any atom is 0.188 e. The molecule has 0 amide bonds. The highest BCUT2D eigenvalue weighted by Gasteiger charge is 2.23. The predicted molar refractivity (Wildman–Crippen MR) is 139 cm³/mol. The molecule has 0 aliphatic carbocycles. The Kier molecular flexibility index (Phi) is 7.72. The van der Waals surface area contributed by atoms with Gasteiger partial charge in [-0.05, 0) is 45.0 Å². The Balaban J connectivity index is 1.75. The third-order valence-corrected chi connectivity index (χ3v) is 5.72. The summed E-state index contributed by atoms with van der Waals surface area (Å²) in [7, 11) is 0. The summed E-state index contributed by atoms with van der Waals surface area (Å²) in [6.07, 6.45) is 3.30. The first kappa shape index (κ1) is 25.0. The highest BCUT2D eigenvalue weighted by molar-refractivity contribution is 5.95. The van der Waals surface area contributed by atoms with E-state index in [4.69, 9.17) is 20.6 Å². The zero-order valence-corrected chi connectivity index (χ0v) is 20.7. The van der Waals surface area contributed by atoms with E-state index < -0.39 is 5.82 Å². The third kappa shape index (κ3) is 5.76. The topological polar surface area (TPSA) is 125 Å². The number of imidazole rings is 1. The van der Waals surface area contributed by atoms with E-state index in [1.807, 2.05) is 20.8 Å². The van der Waals surface area contributed by atoms with Gasteiger partial charge in [0.15, 0.2) is 11.6 Å². The van der Waals surface area contributed by atoms with E-state index in [2.05, 4.69) is 20.3 Å². The molecule has 9 nitrogen and oxygen atoms in total. The molecule has 0 fully saturated rings. The van der Waals surface area contributed by atoms with Gasteiger partial charge in [-0.3, -0.25) is 10.4 Å². The molecular formula is C26H32FN7O2. The number of hydrogen-bond donors (Lipinski definition) is 4. The van der Waals surface area contributed by atoms with E-state index >= 15 is 4.39 Å². The zero-order valence-electron chi connectivity index (χ0n) is 20.7. The van der Waals surface area contributed by atoms with Crippen molar-refractivity contribution in [2.75, 3.05) is 24.6 Å². The maximum atomic E-state index is 15.9. The van der Waals surface area contributed by atoms with Gasteiger partial charge < -0.3 is 30.4 Å². The number of amidine groups is 1. The van der Waals surface area contributed by atoms with Crippen molar-refractivity contribution < 1.29 is 13.9 Å². The van der Waals surface area contributed by atoms with E-state index in [0.29, 0.717) is 36.0 Å². The van der Waals surface area contributed by atoms with Crippen molar-refractivity contribution in [3.8, 4) is 11.5 Å². The molecule has 0 saturated carbocycles. The summed E-state index contributed by atoms with van der Waals surface area (Å²) in [6.45, 7) is 7.70. The predicted octanol–water partition coefficient (Wildman–Crippen LogP) is 4.07. The van der Waals surface area contributed by atoms with Gasteiger partial charge >= 0.3 is 0 Å². The maximum absolute atomic E-state index is 15.9. The minimum atomic E-state index is -0.500. The summed E-state index contributed by atoms with van der Waals surface area (Å²) >= 11 is 0. The average Bonchev–Trinajstić information content (AvgIpc) is 3.34. The van der Waals surface area contributed by atoms with E-state index in [9.17, 15) is 0 Å². The fourth-order valence-electron chi connectivity index (χ4n) is 4.01. The van der Waals surface area contributed by atoms with Crippen LogP contribution in [0.5, 0.6) is 11.5 Å². The molecular weight excluding hydrogens is 461 g/mol. The van der Waals surface area contributed by atoms with Crippen molar-refractivity contribution in [3.05, 3.63) is 65.5 Å². The van der Waals surface area contributed by atoms with E-state index in [1.54, 1.807) is 53.8 Å². The lowest BCUT2D eigenvalue weighted by atomic mass is 10.1. The second kappa shape index (κ2) is 11.1. The van der Waals surface area contributed by atoms with Crippen LogP contribution in [0.4, 0.5) is 15.8 Å². The van der Waals surface area contributed by atoms with Crippen LogP contribution >= 0.6 is 0 Å². The quantitative estimate of drug-likeness (QED) is 0.249. The van der Waals surface area contributed by atoms with Crippen LogP contribution in [0, 0.1) is 11.2 Å². The molecule has 5 N–H and O–H groups in total. The number of aromatic nitrogens is 2. The van der Waals surface area contributed by atoms with Gasteiger partial charge in [0.2, 0.25) is 0 Å². The Labute approximate surface area is 210 Å². The molecule has 2 heterocycles. The van der Waals surface area contributed by atoms with Gasteiger partial charge in [-0.1, -0.05) is 0 Å². The Morgan fingerprint density at radius 3 is 2.69 bits per heavy atom. The normalized spacial score (nSPS) is 15.0.